The second kappa shape index (κ2) is 6.62. The Morgan fingerprint density at radius 1 is 1.46 bits per heavy atom. The molecule has 0 spiro atoms. The highest BCUT2D eigenvalue weighted by Gasteiger charge is 2.22. The number of carbonyl (C=O) groups excluding carboxylic acids is 1. The molecule has 0 rings (SSSR count). The fourth-order valence-electron chi connectivity index (χ4n) is 0.848. The molecule has 0 fully saturated rings. The topological polar surface area (TPSA) is 44.8 Å². The Kier molecular flexibility index (Phi) is 6.18. The van der Waals surface area contributed by atoms with Gasteiger partial charge in [0, 0.05) is 20.3 Å². The minimum atomic E-state index is -0.582. The van der Waals surface area contributed by atoms with Crippen LogP contribution < -0.4 is 0 Å². The van der Waals surface area contributed by atoms with E-state index in [9.17, 15) is 4.79 Å². The SMILES string of the molecule is [CH2]CC(OC(=O)C=C)C(OC)OC. The van der Waals surface area contributed by atoms with Gasteiger partial charge in [0.15, 0.2) is 12.4 Å². The van der Waals surface area contributed by atoms with E-state index in [0.29, 0.717) is 6.42 Å². The van der Waals surface area contributed by atoms with Crippen LogP contribution in [0.4, 0.5) is 0 Å². The fraction of sp³-hybridized carbons (Fsp3) is 0.556. The zero-order valence-electron chi connectivity index (χ0n) is 7.99. The number of carbonyl (C=O) groups is 1. The van der Waals surface area contributed by atoms with Gasteiger partial charge in [-0.1, -0.05) is 6.58 Å². The number of methoxy groups -OCH3 is 2. The number of esters is 1. The largest absolute Gasteiger partial charge is 0.454 e. The summed E-state index contributed by atoms with van der Waals surface area (Å²) in [5.41, 5.74) is 0. The van der Waals surface area contributed by atoms with E-state index in [1.165, 1.54) is 14.2 Å². The minimum Gasteiger partial charge on any atom is -0.454 e. The molecule has 0 aliphatic carbocycles. The minimum absolute atomic E-state index is 0.381. The Bertz CT molecular complexity index is 163. The lowest BCUT2D eigenvalue weighted by Gasteiger charge is -2.22. The van der Waals surface area contributed by atoms with Gasteiger partial charge in [-0.3, -0.25) is 0 Å². The van der Waals surface area contributed by atoms with Crippen LogP contribution in [0.25, 0.3) is 0 Å². The first-order chi connectivity index (χ1) is 6.19. The summed E-state index contributed by atoms with van der Waals surface area (Å²) in [4.78, 5) is 10.8. The zero-order chi connectivity index (χ0) is 10.3. The predicted octanol–water partition coefficient (Wildman–Crippen LogP) is 0.927. The van der Waals surface area contributed by atoms with E-state index in [-0.39, 0.29) is 0 Å². The Hall–Kier alpha value is -0.870. The second-order valence-electron chi connectivity index (χ2n) is 2.31. The zero-order valence-corrected chi connectivity index (χ0v) is 7.99. The van der Waals surface area contributed by atoms with Crippen LogP contribution in [0.3, 0.4) is 0 Å². The number of rotatable bonds is 6. The average molecular weight is 187 g/mol. The molecule has 0 N–H and O–H groups in total. The lowest BCUT2D eigenvalue weighted by Crippen LogP contribution is -2.33. The maximum absolute atomic E-state index is 10.8. The highest BCUT2D eigenvalue weighted by atomic mass is 16.7. The molecule has 1 unspecified atom stereocenters. The summed E-state index contributed by atoms with van der Waals surface area (Å²) < 4.78 is 14.8. The van der Waals surface area contributed by atoms with Crippen molar-refractivity contribution in [1.29, 1.82) is 0 Å². The van der Waals surface area contributed by atoms with Crippen molar-refractivity contribution in [3.63, 3.8) is 0 Å². The molecule has 0 amide bonds. The molecule has 13 heavy (non-hydrogen) atoms. The Morgan fingerprint density at radius 3 is 2.31 bits per heavy atom. The van der Waals surface area contributed by atoms with Crippen LogP contribution >= 0.6 is 0 Å². The molecule has 0 aromatic rings. The third-order valence-corrected chi connectivity index (χ3v) is 1.49. The van der Waals surface area contributed by atoms with Crippen molar-refractivity contribution in [2.75, 3.05) is 14.2 Å². The summed E-state index contributed by atoms with van der Waals surface area (Å²) in [6.07, 6.45) is 0.388. The molecule has 1 atom stereocenters. The third-order valence-electron chi connectivity index (χ3n) is 1.49. The molecule has 75 valence electrons. The molecule has 0 saturated heterocycles. The van der Waals surface area contributed by atoms with E-state index >= 15 is 0 Å². The predicted molar refractivity (Wildman–Crippen MR) is 47.9 cm³/mol. The molecular weight excluding hydrogens is 172 g/mol. The molecular formula is C9H15O4. The smallest absolute Gasteiger partial charge is 0.330 e. The van der Waals surface area contributed by atoms with Gasteiger partial charge < -0.3 is 14.2 Å². The molecule has 4 nitrogen and oxygen atoms in total. The van der Waals surface area contributed by atoms with E-state index in [0.717, 1.165) is 6.08 Å². The molecule has 0 saturated carbocycles. The van der Waals surface area contributed by atoms with Crippen molar-refractivity contribution in [2.24, 2.45) is 0 Å². The molecule has 0 aliphatic heterocycles. The first kappa shape index (κ1) is 12.1. The Balaban J connectivity index is 4.14. The maximum Gasteiger partial charge on any atom is 0.330 e. The normalized spacial score (nSPS) is 12.6. The van der Waals surface area contributed by atoms with Crippen molar-refractivity contribution in [3.05, 3.63) is 19.6 Å². The summed E-state index contributed by atoms with van der Waals surface area (Å²) >= 11 is 0. The average Bonchev–Trinajstić information content (AvgIpc) is 2.17. The van der Waals surface area contributed by atoms with Crippen LogP contribution in [0.1, 0.15) is 6.42 Å². The number of ether oxygens (including phenoxy) is 3. The molecule has 0 aliphatic rings. The van der Waals surface area contributed by atoms with Crippen LogP contribution in [0, 0.1) is 6.92 Å². The van der Waals surface area contributed by atoms with Crippen molar-refractivity contribution in [1.82, 2.24) is 0 Å². The van der Waals surface area contributed by atoms with Gasteiger partial charge in [0.2, 0.25) is 0 Å². The van der Waals surface area contributed by atoms with Gasteiger partial charge >= 0.3 is 5.97 Å². The third kappa shape index (κ3) is 4.05. The quantitative estimate of drug-likeness (QED) is 0.352. The summed E-state index contributed by atoms with van der Waals surface area (Å²) in [5.74, 6) is -0.507. The Labute approximate surface area is 78.5 Å². The van der Waals surface area contributed by atoms with Gasteiger partial charge in [-0.2, -0.15) is 0 Å². The first-order valence-corrected chi connectivity index (χ1v) is 3.87. The molecule has 0 bridgehead atoms. The van der Waals surface area contributed by atoms with Crippen LogP contribution in [0.5, 0.6) is 0 Å². The number of hydrogen-bond acceptors (Lipinski definition) is 4. The van der Waals surface area contributed by atoms with Gasteiger partial charge in [0.25, 0.3) is 0 Å². The summed E-state index contributed by atoms with van der Waals surface area (Å²) in [7, 11) is 2.94. The van der Waals surface area contributed by atoms with Crippen LogP contribution in [-0.4, -0.2) is 32.6 Å². The van der Waals surface area contributed by atoms with Crippen molar-refractivity contribution >= 4 is 5.97 Å². The van der Waals surface area contributed by atoms with E-state index < -0.39 is 18.4 Å². The fourth-order valence-corrected chi connectivity index (χ4v) is 0.848. The van der Waals surface area contributed by atoms with Gasteiger partial charge in [-0.25, -0.2) is 4.79 Å². The first-order valence-electron chi connectivity index (χ1n) is 3.87. The van der Waals surface area contributed by atoms with Crippen LogP contribution in [-0.2, 0) is 19.0 Å². The lowest BCUT2D eigenvalue weighted by molar-refractivity contribution is -0.187. The monoisotopic (exact) mass is 187 g/mol. The van der Waals surface area contributed by atoms with Gasteiger partial charge in [-0.15, -0.1) is 0 Å². The molecule has 0 heterocycles. The molecule has 1 radical (unpaired) electrons. The van der Waals surface area contributed by atoms with E-state index in [1.54, 1.807) is 0 Å². The number of hydrogen-bond donors (Lipinski definition) is 0. The van der Waals surface area contributed by atoms with Gasteiger partial charge in [0.05, 0.1) is 0 Å². The maximum atomic E-state index is 10.8. The van der Waals surface area contributed by atoms with Crippen LogP contribution in [0.2, 0.25) is 0 Å². The summed E-state index contributed by atoms with van der Waals surface area (Å²) in [6, 6.07) is 0. The van der Waals surface area contributed by atoms with E-state index in [2.05, 4.69) is 13.5 Å². The lowest BCUT2D eigenvalue weighted by atomic mass is 10.2. The molecule has 0 aromatic heterocycles. The van der Waals surface area contributed by atoms with E-state index in [4.69, 9.17) is 14.2 Å². The summed E-state index contributed by atoms with van der Waals surface area (Å²) in [6.45, 7) is 6.90. The standard InChI is InChI=1S/C9H15O4/c1-5-7(9(11-3)12-4)13-8(10)6-2/h6-7,9H,1-2,5H2,3-4H3. The van der Waals surface area contributed by atoms with Crippen LogP contribution in [0.15, 0.2) is 12.7 Å². The van der Waals surface area contributed by atoms with Crippen molar-refractivity contribution in [2.45, 2.75) is 18.8 Å². The Morgan fingerprint density at radius 2 is 2.00 bits per heavy atom. The highest BCUT2D eigenvalue weighted by molar-refractivity contribution is 5.81. The second-order valence-corrected chi connectivity index (χ2v) is 2.31. The van der Waals surface area contributed by atoms with Gasteiger partial charge in [0.1, 0.15) is 0 Å². The highest BCUT2D eigenvalue weighted by Crippen LogP contribution is 2.08. The summed E-state index contributed by atoms with van der Waals surface area (Å²) in [5, 5.41) is 0. The molecule has 0 aromatic carbocycles. The van der Waals surface area contributed by atoms with Gasteiger partial charge in [-0.05, 0) is 13.3 Å². The van der Waals surface area contributed by atoms with E-state index in [1.807, 2.05) is 0 Å². The van der Waals surface area contributed by atoms with Crippen molar-refractivity contribution < 1.29 is 19.0 Å². The van der Waals surface area contributed by atoms with Crippen molar-refractivity contribution in [3.8, 4) is 0 Å². The molecule has 4 heteroatoms.